The van der Waals surface area contributed by atoms with Gasteiger partial charge in [-0.3, -0.25) is 14.4 Å². The summed E-state index contributed by atoms with van der Waals surface area (Å²) in [5.41, 5.74) is 1.16. The largest absolute Gasteiger partial charge is 0.497 e. The molecule has 0 spiro atoms. The first-order valence-corrected chi connectivity index (χ1v) is 8.97. The van der Waals surface area contributed by atoms with E-state index in [2.05, 4.69) is 5.32 Å². The Morgan fingerprint density at radius 2 is 1.75 bits per heavy atom. The van der Waals surface area contributed by atoms with E-state index >= 15 is 0 Å². The van der Waals surface area contributed by atoms with E-state index in [0.29, 0.717) is 29.1 Å². The van der Waals surface area contributed by atoms with Crippen molar-refractivity contribution in [1.29, 1.82) is 0 Å². The number of carbonyl (C=O) groups is 3. The van der Waals surface area contributed by atoms with Crippen LogP contribution in [0.3, 0.4) is 0 Å². The third kappa shape index (κ3) is 3.98. The number of ether oxygens (including phenoxy) is 1. The number of nitrogens with one attached hydrogen (secondary N) is 1. The molecule has 1 fully saturated rings. The van der Waals surface area contributed by atoms with Gasteiger partial charge in [-0.15, -0.1) is 0 Å². The maximum Gasteiger partial charge on any atom is 0.308 e. The SMILES string of the molecule is COc1ccc(C(=O)Nc2ccccc2C(=O)N2C[C@@H](C)[C@H](C(=O)O)C2)cc1. The molecular formula is C21H22N2O5. The highest BCUT2D eigenvalue weighted by atomic mass is 16.5. The number of carbonyl (C=O) groups excluding carboxylic acids is 2. The number of rotatable bonds is 5. The lowest BCUT2D eigenvalue weighted by molar-refractivity contribution is -0.142. The summed E-state index contributed by atoms with van der Waals surface area (Å²) in [4.78, 5) is 38.4. The van der Waals surface area contributed by atoms with Crippen LogP contribution in [-0.4, -0.2) is 48.0 Å². The summed E-state index contributed by atoms with van der Waals surface area (Å²) < 4.78 is 5.09. The number of para-hydroxylation sites is 1. The Hall–Kier alpha value is -3.35. The molecule has 0 bridgehead atoms. The summed E-state index contributed by atoms with van der Waals surface area (Å²) in [5, 5.41) is 12.1. The van der Waals surface area contributed by atoms with Crippen LogP contribution in [0.2, 0.25) is 0 Å². The molecule has 3 rings (SSSR count). The molecule has 28 heavy (non-hydrogen) atoms. The van der Waals surface area contributed by atoms with Gasteiger partial charge in [0, 0.05) is 18.7 Å². The lowest BCUT2D eigenvalue weighted by atomic mass is 9.99. The lowest BCUT2D eigenvalue weighted by Crippen LogP contribution is -2.30. The fraction of sp³-hybridized carbons (Fsp3) is 0.286. The minimum Gasteiger partial charge on any atom is -0.497 e. The van der Waals surface area contributed by atoms with Crippen LogP contribution in [0.25, 0.3) is 0 Å². The van der Waals surface area contributed by atoms with Gasteiger partial charge in [0.2, 0.25) is 0 Å². The summed E-state index contributed by atoms with van der Waals surface area (Å²) in [7, 11) is 1.55. The van der Waals surface area contributed by atoms with Gasteiger partial charge in [0.05, 0.1) is 24.3 Å². The second-order valence-corrected chi connectivity index (χ2v) is 6.86. The average molecular weight is 382 g/mol. The monoisotopic (exact) mass is 382 g/mol. The predicted molar refractivity (Wildman–Crippen MR) is 104 cm³/mol. The number of aliphatic carboxylic acids is 1. The molecule has 1 heterocycles. The molecule has 146 valence electrons. The zero-order chi connectivity index (χ0) is 20.3. The maximum atomic E-state index is 12.9. The van der Waals surface area contributed by atoms with Crippen LogP contribution in [0.15, 0.2) is 48.5 Å². The highest BCUT2D eigenvalue weighted by molar-refractivity contribution is 6.09. The van der Waals surface area contributed by atoms with Gasteiger partial charge < -0.3 is 20.1 Å². The number of carboxylic acids is 1. The summed E-state index contributed by atoms with van der Waals surface area (Å²) in [6.07, 6.45) is 0. The fourth-order valence-electron chi connectivity index (χ4n) is 3.34. The molecule has 1 aliphatic heterocycles. The van der Waals surface area contributed by atoms with Crippen LogP contribution in [0.1, 0.15) is 27.6 Å². The topological polar surface area (TPSA) is 95.9 Å². The molecule has 0 unspecified atom stereocenters. The van der Waals surface area contributed by atoms with Gasteiger partial charge >= 0.3 is 5.97 Å². The van der Waals surface area contributed by atoms with Gasteiger partial charge in [-0.2, -0.15) is 0 Å². The van der Waals surface area contributed by atoms with Gasteiger partial charge in [-0.05, 0) is 42.3 Å². The quantitative estimate of drug-likeness (QED) is 0.829. The van der Waals surface area contributed by atoms with Gasteiger partial charge in [-0.25, -0.2) is 0 Å². The van der Waals surface area contributed by atoms with Gasteiger partial charge in [-0.1, -0.05) is 19.1 Å². The van der Waals surface area contributed by atoms with Crippen molar-refractivity contribution in [2.24, 2.45) is 11.8 Å². The van der Waals surface area contributed by atoms with Crippen LogP contribution >= 0.6 is 0 Å². The average Bonchev–Trinajstić information content (AvgIpc) is 3.10. The van der Waals surface area contributed by atoms with Crippen molar-refractivity contribution >= 4 is 23.5 Å². The summed E-state index contributed by atoms with van der Waals surface area (Å²) in [6.45, 7) is 2.36. The van der Waals surface area contributed by atoms with Crippen LogP contribution < -0.4 is 10.1 Å². The molecule has 2 atom stereocenters. The first kappa shape index (κ1) is 19.4. The van der Waals surface area contributed by atoms with Gasteiger partial charge in [0.25, 0.3) is 11.8 Å². The Labute approximate surface area is 162 Å². The number of benzene rings is 2. The second kappa shape index (κ2) is 8.12. The smallest absolute Gasteiger partial charge is 0.308 e. The third-order valence-corrected chi connectivity index (χ3v) is 4.97. The zero-order valence-corrected chi connectivity index (χ0v) is 15.7. The molecule has 2 aromatic rings. The van der Waals surface area contributed by atoms with Crippen molar-refractivity contribution in [1.82, 2.24) is 4.90 Å². The van der Waals surface area contributed by atoms with E-state index in [0.717, 1.165) is 0 Å². The number of hydrogen-bond acceptors (Lipinski definition) is 4. The maximum absolute atomic E-state index is 12.9. The van der Waals surface area contributed by atoms with E-state index in [1.54, 1.807) is 55.6 Å². The van der Waals surface area contributed by atoms with Crippen LogP contribution in [-0.2, 0) is 4.79 Å². The van der Waals surface area contributed by atoms with Crippen molar-refractivity contribution in [2.45, 2.75) is 6.92 Å². The molecule has 0 radical (unpaired) electrons. The first-order chi connectivity index (χ1) is 13.4. The number of anilines is 1. The molecule has 7 heteroatoms. The Kier molecular flexibility index (Phi) is 5.63. The predicted octanol–water partition coefficient (Wildman–Crippen LogP) is 2.74. The lowest BCUT2D eigenvalue weighted by Gasteiger charge is -2.18. The second-order valence-electron chi connectivity index (χ2n) is 6.86. The van der Waals surface area contributed by atoms with E-state index in [1.165, 1.54) is 4.90 Å². The molecule has 2 aromatic carbocycles. The van der Waals surface area contributed by atoms with Crippen molar-refractivity contribution in [3.63, 3.8) is 0 Å². The molecule has 0 saturated carbocycles. The molecular weight excluding hydrogens is 360 g/mol. The van der Waals surface area contributed by atoms with Crippen molar-refractivity contribution in [3.05, 3.63) is 59.7 Å². The molecule has 1 saturated heterocycles. The minimum absolute atomic E-state index is 0.123. The standard InChI is InChI=1S/C21H22N2O5/c1-13-11-23(12-17(13)21(26)27)20(25)16-5-3-4-6-18(16)22-19(24)14-7-9-15(28-2)10-8-14/h3-10,13,17H,11-12H2,1-2H3,(H,22,24)(H,26,27)/t13-,17-/m1/s1. The number of carboxylic acid groups (broad SMARTS) is 1. The highest BCUT2D eigenvalue weighted by Crippen LogP contribution is 2.27. The number of methoxy groups -OCH3 is 1. The van der Waals surface area contributed by atoms with Crippen molar-refractivity contribution < 1.29 is 24.2 Å². The molecule has 2 amide bonds. The number of nitrogens with zero attached hydrogens (tertiary/aromatic N) is 1. The summed E-state index contributed by atoms with van der Waals surface area (Å²) in [6, 6.07) is 13.4. The van der Waals surface area contributed by atoms with E-state index in [1.807, 2.05) is 6.92 Å². The fourth-order valence-corrected chi connectivity index (χ4v) is 3.34. The third-order valence-electron chi connectivity index (χ3n) is 4.97. The van der Waals surface area contributed by atoms with Crippen LogP contribution in [0.4, 0.5) is 5.69 Å². The normalized spacial score (nSPS) is 18.6. The number of likely N-dealkylation sites (tertiary alicyclic amines) is 1. The molecule has 1 aliphatic rings. The molecule has 2 N–H and O–H groups in total. The highest BCUT2D eigenvalue weighted by Gasteiger charge is 2.37. The van der Waals surface area contributed by atoms with E-state index < -0.39 is 11.9 Å². The van der Waals surface area contributed by atoms with E-state index in [4.69, 9.17) is 4.74 Å². The Morgan fingerprint density at radius 1 is 1.07 bits per heavy atom. The number of hydrogen-bond donors (Lipinski definition) is 2. The van der Waals surface area contributed by atoms with E-state index in [-0.39, 0.29) is 24.3 Å². The van der Waals surface area contributed by atoms with Crippen molar-refractivity contribution in [2.75, 3.05) is 25.5 Å². The molecule has 7 nitrogen and oxygen atoms in total. The molecule has 0 aliphatic carbocycles. The Morgan fingerprint density at radius 3 is 2.36 bits per heavy atom. The van der Waals surface area contributed by atoms with Crippen LogP contribution in [0, 0.1) is 11.8 Å². The van der Waals surface area contributed by atoms with Gasteiger partial charge in [0.1, 0.15) is 5.75 Å². The Bertz CT molecular complexity index is 894. The van der Waals surface area contributed by atoms with Crippen molar-refractivity contribution in [3.8, 4) is 5.75 Å². The van der Waals surface area contributed by atoms with Gasteiger partial charge in [0.15, 0.2) is 0 Å². The summed E-state index contributed by atoms with van der Waals surface area (Å²) >= 11 is 0. The molecule has 0 aromatic heterocycles. The summed E-state index contributed by atoms with van der Waals surface area (Å²) in [5.74, 6) is -1.60. The number of amides is 2. The Balaban J connectivity index is 1.78. The van der Waals surface area contributed by atoms with Crippen LogP contribution in [0.5, 0.6) is 5.75 Å². The minimum atomic E-state index is -0.899. The van der Waals surface area contributed by atoms with E-state index in [9.17, 15) is 19.5 Å². The zero-order valence-electron chi connectivity index (χ0n) is 15.7. The first-order valence-electron chi connectivity index (χ1n) is 8.97.